The summed E-state index contributed by atoms with van der Waals surface area (Å²) in [6.07, 6.45) is -12.3. The van der Waals surface area contributed by atoms with E-state index in [1.54, 1.807) is 36.4 Å². The van der Waals surface area contributed by atoms with Gasteiger partial charge in [0.2, 0.25) is 6.54 Å². The van der Waals surface area contributed by atoms with Crippen LogP contribution in [0.3, 0.4) is 0 Å². The van der Waals surface area contributed by atoms with Gasteiger partial charge in [-0.15, -0.1) is 0 Å². The molecule has 2 aromatic rings. The third-order valence-electron chi connectivity index (χ3n) is 13.3. The molecule has 4 N–H and O–H groups in total. The van der Waals surface area contributed by atoms with E-state index in [0.29, 0.717) is 0 Å². The van der Waals surface area contributed by atoms with E-state index in [2.05, 4.69) is 5.32 Å². The van der Waals surface area contributed by atoms with Crippen molar-refractivity contribution in [2.75, 3.05) is 13.2 Å². The van der Waals surface area contributed by atoms with Gasteiger partial charge in [0.05, 0.1) is 35.6 Å². The number of nitrogens with zero attached hydrogens (tertiary/aromatic N) is 1. The first-order chi connectivity index (χ1) is 29.8. The van der Waals surface area contributed by atoms with Gasteiger partial charge >= 0.3 is 30.0 Å². The summed E-state index contributed by atoms with van der Waals surface area (Å²) in [5.41, 5.74) is -9.44. The number of hydrogen-bond acceptors (Lipinski definition) is 17. The van der Waals surface area contributed by atoms with Crippen LogP contribution in [0.1, 0.15) is 90.2 Å². The summed E-state index contributed by atoms with van der Waals surface area (Å²) in [7, 11) is 0. The SMILES string of the molecule is CC(=O)O[C@H]1C(=O)[C@@]2(C)[C@H]([C@H](OC(=O)c3ccccc3)[C@]3(O)C[C@H](OC(=O)[C@H](O)[C@@H](NC(=O)OC(C)(C)C[N+](=O)[O-])c4ccccc4)C(C)=C1C3(C)C)[C@]1(OC(C)=O)CO[C@@H]1C[C@@H]2O. The van der Waals surface area contributed by atoms with Crippen molar-refractivity contribution in [2.45, 2.75) is 128 Å². The predicted molar refractivity (Wildman–Crippen MR) is 219 cm³/mol. The van der Waals surface area contributed by atoms with Crippen LogP contribution in [-0.4, -0.2) is 123 Å². The largest absolute Gasteiger partial charge is 0.456 e. The number of carbonyl (C=O) groups excluding carboxylic acids is 6. The number of carbonyl (C=O) groups is 6. The van der Waals surface area contributed by atoms with Crippen LogP contribution in [-0.2, 0) is 47.6 Å². The second-order valence-corrected chi connectivity index (χ2v) is 18.3. The Morgan fingerprint density at radius 3 is 2.12 bits per heavy atom. The van der Waals surface area contributed by atoms with Crippen molar-refractivity contribution in [1.29, 1.82) is 0 Å². The zero-order chi connectivity index (χ0) is 47.3. The lowest BCUT2D eigenvalue weighted by Gasteiger charge is -2.67. The number of nitrogens with one attached hydrogen (secondary N) is 1. The fraction of sp³-hybridized carbons (Fsp3) is 0.556. The van der Waals surface area contributed by atoms with Gasteiger partial charge in [-0.1, -0.05) is 62.4 Å². The Labute approximate surface area is 368 Å². The Balaban J connectivity index is 1.51. The molecule has 1 aliphatic heterocycles. The maximum absolute atomic E-state index is 15.5. The highest BCUT2D eigenvalue weighted by Crippen LogP contribution is 2.64. The Bertz CT molecular complexity index is 2230. The van der Waals surface area contributed by atoms with Crippen molar-refractivity contribution in [3.05, 3.63) is 93.1 Å². The standard InChI is InChI=1S/C45H54N2O17/c1-23-28(61-39(54)33(51)32(26-15-11-9-12-16-26)46-40(55)64-41(4,5)21-47(57)58)20-45(56)37(62-38(53)27-17-13-10-14-18-27)35-43(8,29(50)19-30-44(35,22-59-30)63-25(3)49)36(52)34(60-24(2)48)31(23)42(45,6)7/h9-18,28-30,32-35,37,50-51,56H,19-22H2,1-8H3,(H,46,55)/t28-,29-,30+,32-,33+,34+,35-,37-,43+,44-,45+/m0/s1. The molecule has 0 spiro atoms. The molecule has 1 amide bonds. The average molecular weight is 895 g/mol. The number of aliphatic hydroxyl groups is 3. The first-order valence-electron chi connectivity index (χ1n) is 20.8. The molecule has 3 fully saturated rings. The monoisotopic (exact) mass is 894 g/mol. The van der Waals surface area contributed by atoms with Gasteiger partial charge in [-0.3, -0.25) is 24.5 Å². The van der Waals surface area contributed by atoms with Gasteiger partial charge in [-0.25, -0.2) is 14.4 Å². The molecule has 2 aromatic carbocycles. The van der Waals surface area contributed by atoms with Crippen LogP contribution in [0.2, 0.25) is 0 Å². The third-order valence-corrected chi connectivity index (χ3v) is 13.3. The quantitative estimate of drug-likeness (QED) is 0.0783. The fourth-order valence-electron chi connectivity index (χ4n) is 10.1. The molecule has 1 heterocycles. The number of rotatable bonds is 12. The fourth-order valence-corrected chi connectivity index (χ4v) is 10.1. The summed E-state index contributed by atoms with van der Waals surface area (Å²) in [5.74, 6) is -6.59. The van der Waals surface area contributed by atoms with Crippen LogP contribution in [0.15, 0.2) is 71.8 Å². The topological polar surface area (TPSA) is 274 Å². The minimum Gasteiger partial charge on any atom is -0.456 e. The summed E-state index contributed by atoms with van der Waals surface area (Å²) in [6, 6.07) is 13.8. The summed E-state index contributed by atoms with van der Waals surface area (Å²) in [4.78, 5) is 93.7. The van der Waals surface area contributed by atoms with Crippen LogP contribution in [0.5, 0.6) is 0 Å². The summed E-state index contributed by atoms with van der Waals surface area (Å²) >= 11 is 0. The molecule has 2 saturated carbocycles. The highest BCUT2D eigenvalue weighted by atomic mass is 16.6. The molecular formula is C45H54N2O17. The number of fused-ring (bicyclic) bond motifs is 5. The molecule has 19 heteroatoms. The van der Waals surface area contributed by atoms with Gasteiger partial charge in [-0.05, 0) is 56.5 Å². The molecule has 64 heavy (non-hydrogen) atoms. The molecule has 11 atom stereocenters. The van der Waals surface area contributed by atoms with E-state index in [1.807, 2.05) is 0 Å². The van der Waals surface area contributed by atoms with E-state index in [9.17, 15) is 49.4 Å². The molecule has 0 radical (unpaired) electrons. The van der Waals surface area contributed by atoms with Crippen LogP contribution >= 0.6 is 0 Å². The van der Waals surface area contributed by atoms with Crippen LogP contribution < -0.4 is 5.32 Å². The number of esters is 4. The zero-order valence-corrected chi connectivity index (χ0v) is 36.7. The number of hydrogen-bond donors (Lipinski definition) is 4. The predicted octanol–water partition coefficient (Wildman–Crippen LogP) is 3.09. The van der Waals surface area contributed by atoms with Crippen LogP contribution in [0, 0.1) is 26.9 Å². The lowest BCUT2D eigenvalue weighted by atomic mass is 9.44. The second-order valence-electron chi connectivity index (χ2n) is 18.3. The van der Waals surface area contributed by atoms with Crippen molar-refractivity contribution in [3.63, 3.8) is 0 Å². The highest BCUT2D eigenvalue weighted by molar-refractivity contribution is 5.95. The number of benzene rings is 2. The Morgan fingerprint density at radius 2 is 1.58 bits per heavy atom. The molecule has 19 nitrogen and oxygen atoms in total. The maximum Gasteiger partial charge on any atom is 0.408 e. The van der Waals surface area contributed by atoms with Crippen molar-refractivity contribution in [2.24, 2.45) is 16.7 Å². The number of Topliss-reactive ketones (excluding diaryl/α,β-unsaturated/α-hetero) is 1. The molecule has 2 bridgehead atoms. The van der Waals surface area contributed by atoms with Gasteiger partial charge in [0, 0.05) is 37.0 Å². The number of nitro groups is 1. The van der Waals surface area contributed by atoms with E-state index in [4.69, 9.17) is 28.4 Å². The van der Waals surface area contributed by atoms with Crippen LogP contribution in [0.4, 0.5) is 4.79 Å². The van der Waals surface area contributed by atoms with Gasteiger partial charge in [0.25, 0.3) is 0 Å². The average Bonchev–Trinajstić information content (AvgIpc) is 3.20. The summed E-state index contributed by atoms with van der Waals surface area (Å²) in [6.45, 7) is 9.52. The van der Waals surface area contributed by atoms with E-state index in [-0.39, 0.29) is 35.3 Å². The van der Waals surface area contributed by atoms with Crippen molar-refractivity contribution in [3.8, 4) is 0 Å². The molecular weight excluding hydrogens is 840 g/mol. The second kappa shape index (κ2) is 17.3. The Morgan fingerprint density at radius 1 is 0.969 bits per heavy atom. The molecule has 0 aromatic heterocycles. The molecule has 3 aliphatic carbocycles. The van der Waals surface area contributed by atoms with Crippen molar-refractivity contribution >= 4 is 35.8 Å². The maximum atomic E-state index is 15.5. The number of ether oxygens (including phenoxy) is 6. The minimum atomic E-state index is -2.46. The molecule has 0 unspecified atom stereocenters. The number of amides is 1. The van der Waals surface area contributed by atoms with Crippen molar-refractivity contribution in [1.82, 2.24) is 5.32 Å². The van der Waals surface area contributed by atoms with Gasteiger partial charge in [0.1, 0.15) is 23.9 Å². The normalized spacial score (nSPS) is 31.5. The lowest BCUT2D eigenvalue weighted by Crippen LogP contribution is -2.82. The van der Waals surface area contributed by atoms with Gasteiger partial charge < -0.3 is 49.1 Å². The first-order valence-corrected chi connectivity index (χ1v) is 20.8. The summed E-state index contributed by atoms with van der Waals surface area (Å²) < 4.78 is 35.4. The number of aliphatic hydroxyl groups excluding tert-OH is 2. The van der Waals surface area contributed by atoms with Crippen LogP contribution in [0.25, 0.3) is 0 Å². The number of ketones is 1. The van der Waals surface area contributed by atoms with E-state index in [1.165, 1.54) is 65.8 Å². The Kier molecular flexibility index (Phi) is 12.9. The minimum absolute atomic E-state index is 0.0321. The summed E-state index contributed by atoms with van der Waals surface area (Å²) in [5, 5.41) is 51.0. The number of alkyl carbamates (subject to hydrolysis) is 1. The lowest BCUT2D eigenvalue weighted by molar-refractivity contribution is -0.497. The van der Waals surface area contributed by atoms with Crippen molar-refractivity contribution < 1.29 is 77.4 Å². The smallest absolute Gasteiger partial charge is 0.408 e. The van der Waals surface area contributed by atoms with Gasteiger partial charge in [0.15, 0.2) is 29.2 Å². The molecule has 1 saturated heterocycles. The molecule has 346 valence electrons. The van der Waals surface area contributed by atoms with E-state index in [0.717, 1.165) is 13.8 Å². The third kappa shape index (κ3) is 8.36. The molecule has 6 rings (SSSR count). The zero-order valence-electron chi connectivity index (χ0n) is 36.7. The molecule has 4 aliphatic rings. The Hall–Kier alpha value is -5.76. The highest BCUT2D eigenvalue weighted by Gasteiger charge is 2.78. The van der Waals surface area contributed by atoms with Gasteiger partial charge in [-0.2, -0.15) is 0 Å². The van der Waals surface area contributed by atoms with E-state index >= 15 is 4.79 Å². The first kappa shape index (κ1) is 47.7. The van der Waals surface area contributed by atoms with E-state index < -0.39 is 130 Å².